The molecule has 0 radical (unpaired) electrons. The van der Waals surface area contributed by atoms with E-state index in [4.69, 9.17) is 5.73 Å². The molecule has 3 N–H and O–H groups in total. The van der Waals surface area contributed by atoms with Crippen molar-refractivity contribution in [1.29, 1.82) is 0 Å². The van der Waals surface area contributed by atoms with Gasteiger partial charge < -0.3 is 15.7 Å². The Morgan fingerprint density at radius 2 is 2.13 bits per heavy atom. The monoisotopic (exact) mass is 214 g/mol. The van der Waals surface area contributed by atoms with Gasteiger partial charge in [0.15, 0.2) is 0 Å². The van der Waals surface area contributed by atoms with Crippen LogP contribution < -0.4 is 5.73 Å². The predicted molar refractivity (Wildman–Crippen MR) is 63.7 cm³/mol. The van der Waals surface area contributed by atoms with Crippen LogP contribution in [0.5, 0.6) is 0 Å². The Labute approximate surface area is 93.6 Å². The third kappa shape index (κ3) is 3.44. The molecule has 3 heteroatoms. The van der Waals surface area contributed by atoms with Crippen LogP contribution >= 0.6 is 0 Å². The third-order valence-electron chi connectivity index (χ3n) is 3.87. The molecule has 0 aliphatic carbocycles. The summed E-state index contributed by atoms with van der Waals surface area (Å²) in [6, 6.07) is 0.189. The molecule has 0 amide bonds. The minimum absolute atomic E-state index is 0.125. The highest BCUT2D eigenvalue weighted by Gasteiger charge is 2.30. The average Bonchev–Trinajstić information content (AvgIpc) is 2.10. The lowest BCUT2D eigenvalue weighted by Crippen LogP contribution is -2.50. The lowest BCUT2D eigenvalue weighted by Gasteiger charge is -2.40. The van der Waals surface area contributed by atoms with Gasteiger partial charge in [0.2, 0.25) is 0 Å². The molecular weight excluding hydrogens is 188 g/mol. The standard InChI is InChI=1S/C12H26N2O/c1-9-5-6-14(7-11(9)15)8-12(3,4)10(2)13/h9-11,15H,5-8,13H2,1-4H3. The summed E-state index contributed by atoms with van der Waals surface area (Å²) in [5.74, 6) is 0.444. The fourth-order valence-electron chi connectivity index (χ4n) is 1.98. The number of nitrogens with two attached hydrogens (primary N) is 1. The lowest BCUT2D eigenvalue weighted by molar-refractivity contribution is 0.0118. The summed E-state index contributed by atoms with van der Waals surface area (Å²) >= 11 is 0. The van der Waals surface area contributed by atoms with Gasteiger partial charge in [-0.25, -0.2) is 0 Å². The fraction of sp³-hybridized carbons (Fsp3) is 1.00. The van der Waals surface area contributed by atoms with E-state index < -0.39 is 0 Å². The predicted octanol–water partition coefficient (Wildman–Crippen LogP) is 1.06. The highest BCUT2D eigenvalue weighted by atomic mass is 16.3. The number of likely N-dealkylation sites (tertiary alicyclic amines) is 1. The summed E-state index contributed by atoms with van der Waals surface area (Å²) in [4.78, 5) is 2.34. The molecule has 1 rings (SSSR count). The van der Waals surface area contributed by atoms with Gasteiger partial charge in [-0.1, -0.05) is 20.8 Å². The first-order chi connectivity index (χ1) is 6.83. The first kappa shape index (κ1) is 12.9. The molecule has 0 saturated carbocycles. The molecule has 3 unspecified atom stereocenters. The van der Waals surface area contributed by atoms with Gasteiger partial charge >= 0.3 is 0 Å². The largest absolute Gasteiger partial charge is 0.392 e. The molecule has 3 atom stereocenters. The molecule has 1 fully saturated rings. The molecule has 1 saturated heterocycles. The van der Waals surface area contributed by atoms with Crippen LogP contribution in [-0.2, 0) is 0 Å². The average molecular weight is 214 g/mol. The smallest absolute Gasteiger partial charge is 0.0693 e. The topological polar surface area (TPSA) is 49.5 Å². The summed E-state index contributed by atoms with van der Waals surface area (Å²) in [6.07, 6.45) is 0.929. The van der Waals surface area contributed by atoms with E-state index >= 15 is 0 Å². The molecule has 1 heterocycles. The van der Waals surface area contributed by atoms with Gasteiger partial charge in [0, 0.05) is 19.1 Å². The van der Waals surface area contributed by atoms with Crippen molar-refractivity contribution < 1.29 is 5.11 Å². The van der Waals surface area contributed by atoms with E-state index in [2.05, 4.69) is 32.6 Å². The number of hydrogen-bond donors (Lipinski definition) is 2. The van der Waals surface area contributed by atoms with Crippen LogP contribution in [0.4, 0.5) is 0 Å². The summed E-state index contributed by atoms with van der Waals surface area (Å²) in [5.41, 5.74) is 6.09. The van der Waals surface area contributed by atoms with Crippen molar-refractivity contribution in [2.75, 3.05) is 19.6 Å². The van der Waals surface area contributed by atoms with Crippen LogP contribution in [0, 0.1) is 11.3 Å². The SMILES string of the molecule is CC1CCN(CC(C)(C)C(C)N)CC1O. The highest BCUT2D eigenvalue weighted by Crippen LogP contribution is 2.24. The molecule has 0 bridgehead atoms. The number of aliphatic hydroxyl groups excluding tert-OH is 1. The second kappa shape index (κ2) is 4.81. The number of hydrogen-bond acceptors (Lipinski definition) is 3. The minimum atomic E-state index is -0.164. The number of piperidine rings is 1. The van der Waals surface area contributed by atoms with Crippen molar-refractivity contribution in [1.82, 2.24) is 4.90 Å². The maximum Gasteiger partial charge on any atom is 0.0693 e. The van der Waals surface area contributed by atoms with E-state index in [1.54, 1.807) is 0 Å². The molecule has 1 aliphatic rings. The summed E-state index contributed by atoms with van der Waals surface area (Å²) in [6.45, 7) is 11.5. The first-order valence-electron chi connectivity index (χ1n) is 5.99. The second-order valence-electron chi connectivity index (χ2n) is 5.85. The molecular formula is C12H26N2O. The van der Waals surface area contributed by atoms with Crippen LogP contribution in [0.15, 0.2) is 0 Å². The van der Waals surface area contributed by atoms with Gasteiger partial charge in [-0.2, -0.15) is 0 Å². The second-order valence-corrected chi connectivity index (χ2v) is 5.85. The van der Waals surface area contributed by atoms with E-state index in [1.165, 1.54) is 0 Å². The minimum Gasteiger partial charge on any atom is -0.392 e. The molecule has 0 spiro atoms. The van der Waals surface area contributed by atoms with E-state index in [0.29, 0.717) is 5.92 Å². The Morgan fingerprint density at radius 1 is 1.53 bits per heavy atom. The van der Waals surface area contributed by atoms with Gasteiger partial charge in [-0.3, -0.25) is 0 Å². The van der Waals surface area contributed by atoms with Crippen molar-refractivity contribution >= 4 is 0 Å². The lowest BCUT2D eigenvalue weighted by atomic mass is 9.84. The van der Waals surface area contributed by atoms with Crippen molar-refractivity contribution in [2.24, 2.45) is 17.1 Å². The van der Waals surface area contributed by atoms with Gasteiger partial charge in [-0.05, 0) is 31.2 Å². The zero-order chi connectivity index (χ0) is 11.6. The summed E-state index contributed by atoms with van der Waals surface area (Å²) in [5, 5.41) is 9.81. The molecule has 90 valence electrons. The zero-order valence-electron chi connectivity index (χ0n) is 10.5. The van der Waals surface area contributed by atoms with Crippen molar-refractivity contribution in [3.05, 3.63) is 0 Å². The van der Waals surface area contributed by atoms with Gasteiger partial charge in [0.25, 0.3) is 0 Å². The van der Waals surface area contributed by atoms with Crippen molar-refractivity contribution in [2.45, 2.75) is 46.3 Å². The Bertz CT molecular complexity index is 204. The Kier molecular flexibility index (Phi) is 4.15. The van der Waals surface area contributed by atoms with E-state index in [1.807, 2.05) is 0 Å². The van der Waals surface area contributed by atoms with Crippen LogP contribution in [0.1, 0.15) is 34.1 Å². The summed E-state index contributed by atoms with van der Waals surface area (Å²) < 4.78 is 0. The molecule has 0 aromatic heterocycles. The maximum absolute atomic E-state index is 9.81. The van der Waals surface area contributed by atoms with Gasteiger partial charge in [0.1, 0.15) is 0 Å². The zero-order valence-corrected chi connectivity index (χ0v) is 10.5. The molecule has 15 heavy (non-hydrogen) atoms. The molecule has 0 aromatic rings. The van der Waals surface area contributed by atoms with Crippen LogP contribution in [0.25, 0.3) is 0 Å². The van der Waals surface area contributed by atoms with Crippen LogP contribution in [0.2, 0.25) is 0 Å². The maximum atomic E-state index is 9.81. The van der Waals surface area contributed by atoms with Crippen molar-refractivity contribution in [3.8, 4) is 0 Å². The van der Waals surface area contributed by atoms with Gasteiger partial charge in [0.05, 0.1) is 6.10 Å². The van der Waals surface area contributed by atoms with Gasteiger partial charge in [-0.15, -0.1) is 0 Å². The fourth-order valence-corrected chi connectivity index (χ4v) is 1.98. The summed E-state index contributed by atoms with van der Waals surface area (Å²) in [7, 11) is 0. The number of aliphatic hydroxyl groups is 1. The van der Waals surface area contributed by atoms with Crippen LogP contribution in [-0.4, -0.2) is 41.8 Å². The van der Waals surface area contributed by atoms with E-state index in [0.717, 1.165) is 26.1 Å². The highest BCUT2D eigenvalue weighted by molar-refractivity contribution is 4.85. The quantitative estimate of drug-likeness (QED) is 0.738. The third-order valence-corrected chi connectivity index (χ3v) is 3.87. The number of β-amino-alcohol motifs (C(OH)–C–C–N with tert-alkyl or cyclic N) is 1. The van der Waals surface area contributed by atoms with E-state index in [-0.39, 0.29) is 17.6 Å². The molecule has 3 nitrogen and oxygen atoms in total. The Morgan fingerprint density at radius 3 is 2.60 bits per heavy atom. The number of rotatable bonds is 3. The van der Waals surface area contributed by atoms with E-state index in [9.17, 15) is 5.11 Å². The first-order valence-corrected chi connectivity index (χ1v) is 5.99. The van der Waals surface area contributed by atoms with Crippen molar-refractivity contribution in [3.63, 3.8) is 0 Å². The van der Waals surface area contributed by atoms with Crippen LogP contribution in [0.3, 0.4) is 0 Å². The Balaban J connectivity index is 2.46. The molecule has 0 aromatic carbocycles. The number of nitrogens with zero attached hydrogens (tertiary/aromatic N) is 1. The normalized spacial score (nSPS) is 31.6. The molecule has 1 aliphatic heterocycles. The Hall–Kier alpha value is -0.120.